The van der Waals surface area contributed by atoms with Gasteiger partial charge in [0.25, 0.3) is 0 Å². The minimum atomic E-state index is -0.490. The van der Waals surface area contributed by atoms with E-state index in [9.17, 15) is 4.79 Å². The third kappa shape index (κ3) is 5.93. The van der Waals surface area contributed by atoms with Crippen molar-refractivity contribution in [2.24, 2.45) is 0 Å². The second-order valence-corrected chi connectivity index (χ2v) is 7.69. The minimum Gasteiger partial charge on any atom is -0.495 e. The van der Waals surface area contributed by atoms with Crippen LogP contribution >= 0.6 is 11.6 Å². The Kier molecular flexibility index (Phi) is 7.58. The normalized spacial score (nSPS) is 11.2. The molecule has 6 nitrogen and oxygen atoms in total. The fourth-order valence-electron chi connectivity index (χ4n) is 3.03. The first kappa shape index (κ1) is 23.0. The van der Waals surface area contributed by atoms with E-state index >= 15 is 0 Å². The van der Waals surface area contributed by atoms with E-state index in [4.69, 9.17) is 26.3 Å². The molecule has 0 aliphatic rings. The Labute approximate surface area is 192 Å². The van der Waals surface area contributed by atoms with Crippen LogP contribution in [0.5, 0.6) is 11.5 Å². The van der Waals surface area contributed by atoms with Crippen molar-refractivity contribution in [3.63, 3.8) is 0 Å². The number of benzene rings is 3. The lowest BCUT2D eigenvalue weighted by atomic mass is 10.1. The summed E-state index contributed by atoms with van der Waals surface area (Å²) in [5.74, 6) is 0.988. The minimum absolute atomic E-state index is 0.206. The smallest absolute Gasteiger partial charge is 0.246 e. The summed E-state index contributed by atoms with van der Waals surface area (Å²) in [6, 6.07) is 19.7. The molecule has 0 saturated heterocycles. The molecule has 0 bridgehead atoms. The number of carbonyl (C=O) groups excluding carboxylic acids is 1. The highest BCUT2D eigenvalue weighted by molar-refractivity contribution is 6.31. The van der Waals surface area contributed by atoms with Gasteiger partial charge >= 0.3 is 0 Å². The molecule has 1 atom stereocenters. The van der Waals surface area contributed by atoms with Crippen LogP contribution in [-0.2, 0) is 11.4 Å². The predicted molar refractivity (Wildman–Crippen MR) is 126 cm³/mol. The SMILES string of the molecule is COc1cc(Cl)c(C)cc1NC(=O)C(C)Nc1ccc(OCc2cccc(C#N)c2)cc1. The number of carbonyl (C=O) groups is 1. The highest BCUT2D eigenvalue weighted by Crippen LogP contribution is 2.31. The van der Waals surface area contributed by atoms with Crippen LogP contribution in [0.15, 0.2) is 60.7 Å². The maximum absolute atomic E-state index is 12.7. The number of nitriles is 1. The first-order valence-corrected chi connectivity index (χ1v) is 10.4. The van der Waals surface area contributed by atoms with E-state index < -0.39 is 6.04 Å². The van der Waals surface area contributed by atoms with Crippen LogP contribution in [0.3, 0.4) is 0 Å². The van der Waals surface area contributed by atoms with Crippen LogP contribution in [0.1, 0.15) is 23.6 Å². The fraction of sp³-hybridized carbons (Fsp3) is 0.200. The van der Waals surface area contributed by atoms with Crippen LogP contribution in [0.25, 0.3) is 0 Å². The highest BCUT2D eigenvalue weighted by Gasteiger charge is 2.16. The molecule has 32 heavy (non-hydrogen) atoms. The van der Waals surface area contributed by atoms with E-state index in [1.807, 2.05) is 43.3 Å². The summed E-state index contributed by atoms with van der Waals surface area (Å²) < 4.78 is 11.1. The Morgan fingerprint density at radius 2 is 1.91 bits per heavy atom. The Bertz CT molecular complexity index is 1140. The number of halogens is 1. The molecular formula is C25H24ClN3O3. The predicted octanol–water partition coefficient (Wildman–Crippen LogP) is 5.55. The summed E-state index contributed by atoms with van der Waals surface area (Å²) in [7, 11) is 1.53. The van der Waals surface area contributed by atoms with Crippen LogP contribution in [-0.4, -0.2) is 19.1 Å². The maximum atomic E-state index is 12.7. The van der Waals surface area contributed by atoms with E-state index in [-0.39, 0.29) is 5.91 Å². The Morgan fingerprint density at radius 1 is 1.16 bits per heavy atom. The number of amides is 1. The summed E-state index contributed by atoms with van der Waals surface area (Å²) >= 11 is 6.13. The van der Waals surface area contributed by atoms with Crippen LogP contribution in [0.4, 0.5) is 11.4 Å². The highest BCUT2D eigenvalue weighted by atomic mass is 35.5. The molecule has 0 radical (unpaired) electrons. The van der Waals surface area contributed by atoms with E-state index in [0.717, 1.165) is 16.8 Å². The Hall–Kier alpha value is -3.69. The van der Waals surface area contributed by atoms with E-state index in [0.29, 0.717) is 34.4 Å². The van der Waals surface area contributed by atoms with Gasteiger partial charge in [0, 0.05) is 16.8 Å². The van der Waals surface area contributed by atoms with Crippen molar-refractivity contribution >= 4 is 28.9 Å². The molecule has 0 saturated carbocycles. The molecule has 1 amide bonds. The van der Waals surface area contributed by atoms with Crippen molar-refractivity contribution in [2.45, 2.75) is 26.5 Å². The topological polar surface area (TPSA) is 83.4 Å². The number of hydrogen-bond acceptors (Lipinski definition) is 5. The lowest BCUT2D eigenvalue weighted by molar-refractivity contribution is -0.116. The number of methoxy groups -OCH3 is 1. The van der Waals surface area contributed by atoms with Gasteiger partial charge in [0.15, 0.2) is 0 Å². The second kappa shape index (κ2) is 10.6. The average Bonchev–Trinajstić information content (AvgIpc) is 2.80. The molecule has 0 aliphatic heterocycles. The van der Waals surface area contributed by atoms with E-state index in [1.54, 1.807) is 31.2 Å². The molecular weight excluding hydrogens is 426 g/mol. The summed E-state index contributed by atoms with van der Waals surface area (Å²) in [5.41, 5.74) is 3.72. The molecule has 7 heteroatoms. The van der Waals surface area contributed by atoms with Crippen LogP contribution < -0.4 is 20.1 Å². The van der Waals surface area contributed by atoms with Crippen molar-refractivity contribution < 1.29 is 14.3 Å². The number of rotatable bonds is 8. The number of aryl methyl sites for hydroxylation is 1. The van der Waals surface area contributed by atoms with Gasteiger partial charge in [0.2, 0.25) is 5.91 Å². The van der Waals surface area contributed by atoms with Gasteiger partial charge < -0.3 is 20.1 Å². The zero-order chi connectivity index (χ0) is 23.1. The zero-order valence-electron chi connectivity index (χ0n) is 18.1. The third-order valence-electron chi connectivity index (χ3n) is 4.83. The van der Waals surface area contributed by atoms with Gasteiger partial charge in [-0.3, -0.25) is 4.79 Å². The molecule has 0 spiro atoms. The lowest BCUT2D eigenvalue weighted by Crippen LogP contribution is -2.32. The number of anilines is 2. The first-order valence-electron chi connectivity index (χ1n) is 10.0. The fourth-order valence-corrected chi connectivity index (χ4v) is 3.18. The molecule has 1 unspecified atom stereocenters. The molecule has 3 aromatic carbocycles. The molecule has 0 fully saturated rings. The summed E-state index contributed by atoms with van der Waals surface area (Å²) in [6.07, 6.45) is 0. The number of hydrogen-bond donors (Lipinski definition) is 2. The van der Waals surface area contributed by atoms with Crippen molar-refractivity contribution in [3.8, 4) is 17.6 Å². The average molecular weight is 450 g/mol. The van der Waals surface area contributed by atoms with Gasteiger partial charge in [-0.15, -0.1) is 0 Å². The first-order chi connectivity index (χ1) is 15.4. The van der Waals surface area contributed by atoms with Crippen molar-refractivity contribution in [3.05, 3.63) is 82.4 Å². The summed E-state index contributed by atoms with van der Waals surface area (Å²) in [5, 5.41) is 15.6. The lowest BCUT2D eigenvalue weighted by Gasteiger charge is -2.17. The van der Waals surface area contributed by atoms with Gasteiger partial charge in [-0.25, -0.2) is 0 Å². The largest absolute Gasteiger partial charge is 0.495 e. The Balaban J connectivity index is 1.57. The number of nitrogens with zero attached hydrogens (tertiary/aromatic N) is 1. The van der Waals surface area contributed by atoms with E-state index in [1.165, 1.54) is 7.11 Å². The Morgan fingerprint density at radius 3 is 2.59 bits per heavy atom. The molecule has 3 aromatic rings. The molecule has 0 aliphatic carbocycles. The standard InChI is InChI=1S/C25H24ClN3O3/c1-16-11-23(24(31-3)13-22(16)26)29-25(30)17(2)28-20-7-9-21(10-8-20)32-15-19-6-4-5-18(12-19)14-27/h4-13,17,28H,15H2,1-3H3,(H,29,30). The van der Waals surface area contributed by atoms with Crippen LogP contribution in [0, 0.1) is 18.3 Å². The number of ether oxygens (including phenoxy) is 2. The summed E-state index contributed by atoms with van der Waals surface area (Å²) in [4.78, 5) is 12.7. The van der Waals surface area contributed by atoms with Crippen molar-refractivity contribution in [2.75, 3.05) is 17.7 Å². The van der Waals surface area contributed by atoms with E-state index in [2.05, 4.69) is 16.7 Å². The van der Waals surface area contributed by atoms with Crippen molar-refractivity contribution in [1.29, 1.82) is 5.26 Å². The zero-order valence-corrected chi connectivity index (χ0v) is 18.9. The quantitative estimate of drug-likeness (QED) is 0.471. The van der Waals surface area contributed by atoms with Gasteiger partial charge in [-0.1, -0.05) is 23.7 Å². The molecule has 164 valence electrons. The molecule has 0 heterocycles. The monoisotopic (exact) mass is 449 g/mol. The van der Waals surface area contributed by atoms with Crippen LogP contribution in [0.2, 0.25) is 5.02 Å². The third-order valence-corrected chi connectivity index (χ3v) is 5.24. The van der Waals surface area contributed by atoms with Gasteiger partial charge in [-0.05, 0) is 67.4 Å². The maximum Gasteiger partial charge on any atom is 0.246 e. The van der Waals surface area contributed by atoms with Crippen molar-refractivity contribution in [1.82, 2.24) is 0 Å². The van der Waals surface area contributed by atoms with Gasteiger partial charge in [0.1, 0.15) is 24.1 Å². The molecule has 0 aromatic heterocycles. The van der Waals surface area contributed by atoms with Gasteiger partial charge in [0.05, 0.1) is 24.4 Å². The summed E-state index contributed by atoms with van der Waals surface area (Å²) in [6.45, 7) is 4.00. The number of nitrogens with one attached hydrogen (secondary N) is 2. The second-order valence-electron chi connectivity index (χ2n) is 7.28. The van der Waals surface area contributed by atoms with Gasteiger partial charge in [-0.2, -0.15) is 5.26 Å². The molecule has 3 rings (SSSR count). The molecule has 2 N–H and O–H groups in total.